The molecule has 0 atom stereocenters. The van der Waals surface area contributed by atoms with Crippen LogP contribution in [0.25, 0.3) is 11.0 Å². The molecular formula is C24H27N5O3S. The second kappa shape index (κ2) is 9.19. The Bertz CT molecular complexity index is 1400. The number of carbonyl (C=O) groups excluding carboxylic acids is 1. The zero-order chi connectivity index (χ0) is 23.6. The van der Waals surface area contributed by atoms with E-state index in [2.05, 4.69) is 33.7 Å². The average Bonchev–Trinajstić information content (AvgIpc) is 3.32. The van der Waals surface area contributed by atoms with Gasteiger partial charge in [0.05, 0.1) is 11.0 Å². The molecule has 0 aliphatic heterocycles. The summed E-state index contributed by atoms with van der Waals surface area (Å²) in [7, 11) is -3.30. The van der Waals surface area contributed by atoms with Crippen LogP contribution >= 0.6 is 0 Å². The normalized spacial score (nSPS) is 11.9. The molecule has 1 N–H and O–H groups in total. The first kappa shape index (κ1) is 22.7. The van der Waals surface area contributed by atoms with E-state index in [0.717, 1.165) is 23.2 Å². The molecule has 1 amide bonds. The number of hydrogen-bond acceptors (Lipinski definition) is 5. The molecule has 0 saturated carbocycles. The van der Waals surface area contributed by atoms with Crippen molar-refractivity contribution in [1.82, 2.24) is 19.1 Å². The highest BCUT2D eigenvalue weighted by atomic mass is 32.2. The second-order valence-corrected chi connectivity index (χ2v) is 10.6. The first-order chi connectivity index (χ1) is 15.7. The number of aromatic nitrogens is 4. The lowest BCUT2D eigenvalue weighted by molar-refractivity contribution is -0.116. The van der Waals surface area contributed by atoms with Gasteiger partial charge in [-0.05, 0) is 29.8 Å². The van der Waals surface area contributed by atoms with E-state index in [0.29, 0.717) is 29.5 Å². The van der Waals surface area contributed by atoms with Gasteiger partial charge in [0.2, 0.25) is 5.91 Å². The van der Waals surface area contributed by atoms with Crippen LogP contribution in [0.2, 0.25) is 0 Å². The summed E-state index contributed by atoms with van der Waals surface area (Å²) in [6, 6.07) is 15.0. The quantitative estimate of drug-likeness (QED) is 0.429. The number of imidazole rings is 2. The van der Waals surface area contributed by atoms with Crippen LogP contribution in [0.4, 0.5) is 5.69 Å². The Morgan fingerprint density at radius 2 is 1.91 bits per heavy atom. The van der Waals surface area contributed by atoms with Gasteiger partial charge in [-0.2, -0.15) is 0 Å². The second-order valence-electron chi connectivity index (χ2n) is 8.49. The molecule has 33 heavy (non-hydrogen) atoms. The molecule has 9 heteroatoms. The summed E-state index contributed by atoms with van der Waals surface area (Å²) in [6.45, 7) is 4.83. The fourth-order valence-corrected chi connectivity index (χ4v) is 4.58. The van der Waals surface area contributed by atoms with Crippen LogP contribution in [-0.2, 0) is 33.5 Å². The lowest BCUT2D eigenvalue weighted by atomic mass is 10.1. The van der Waals surface area contributed by atoms with E-state index in [1.54, 1.807) is 16.8 Å². The topological polar surface area (TPSA) is 98.9 Å². The van der Waals surface area contributed by atoms with Gasteiger partial charge >= 0.3 is 0 Å². The summed E-state index contributed by atoms with van der Waals surface area (Å²) in [5, 5.41) is 2.93. The van der Waals surface area contributed by atoms with Crippen molar-refractivity contribution in [3.05, 3.63) is 78.1 Å². The number of nitrogens with zero attached hydrogens (tertiary/aromatic N) is 4. The lowest BCUT2D eigenvalue weighted by Gasteiger charge is -2.13. The molecule has 0 bridgehead atoms. The van der Waals surface area contributed by atoms with Crippen molar-refractivity contribution >= 4 is 32.5 Å². The molecule has 172 valence electrons. The highest BCUT2D eigenvalue weighted by Gasteiger charge is 2.17. The van der Waals surface area contributed by atoms with Crippen molar-refractivity contribution in [3.63, 3.8) is 0 Å². The molecule has 0 aliphatic rings. The van der Waals surface area contributed by atoms with Gasteiger partial charge in [-0.15, -0.1) is 0 Å². The molecule has 0 unspecified atom stereocenters. The first-order valence-corrected chi connectivity index (χ1v) is 12.8. The van der Waals surface area contributed by atoms with Crippen LogP contribution in [-0.4, -0.2) is 39.7 Å². The zero-order valence-corrected chi connectivity index (χ0v) is 19.7. The highest BCUT2D eigenvalue weighted by molar-refractivity contribution is 7.89. The predicted molar refractivity (Wildman–Crippen MR) is 129 cm³/mol. The molecule has 8 nitrogen and oxygen atoms in total. The molecular weight excluding hydrogens is 438 g/mol. The van der Waals surface area contributed by atoms with Crippen molar-refractivity contribution in [3.8, 4) is 0 Å². The molecule has 4 rings (SSSR count). The molecule has 4 aromatic rings. The summed E-state index contributed by atoms with van der Waals surface area (Å²) in [6.07, 6.45) is 4.91. The average molecular weight is 466 g/mol. The number of sulfone groups is 1. The van der Waals surface area contributed by atoms with Crippen molar-refractivity contribution in [2.45, 2.75) is 38.6 Å². The van der Waals surface area contributed by atoms with E-state index in [4.69, 9.17) is 0 Å². The van der Waals surface area contributed by atoms with E-state index >= 15 is 0 Å². The number of anilines is 1. The molecule has 2 heterocycles. The summed E-state index contributed by atoms with van der Waals surface area (Å²) >= 11 is 0. The zero-order valence-electron chi connectivity index (χ0n) is 18.9. The minimum atomic E-state index is -3.30. The van der Waals surface area contributed by atoms with Gasteiger partial charge < -0.3 is 14.5 Å². The van der Waals surface area contributed by atoms with Crippen LogP contribution in [0.3, 0.4) is 0 Å². The smallest absolute Gasteiger partial charge is 0.244 e. The Hall–Kier alpha value is -3.46. The number of benzene rings is 2. The van der Waals surface area contributed by atoms with Gasteiger partial charge in [-0.3, -0.25) is 4.79 Å². The number of amides is 1. The third kappa shape index (κ3) is 5.48. The molecule has 2 aromatic carbocycles. The fourth-order valence-electron chi connectivity index (χ4n) is 3.89. The summed E-state index contributed by atoms with van der Waals surface area (Å²) in [4.78, 5) is 21.7. The summed E-state index contributed by atoms with van der Waals surface area (Å²) in [5.74, 6) is 1.19. The third-order valence-electron chi connectivity index (χ3n) is 5.25. The summed E-state index contributed by atoms with van der Waals surface area (Å²) in [5.41, 5.74) is 3.10. The van der Waals surface area contributed by atoms with Gasteiger partial charge in [0, 0.05) is 36.8 Å². The Kier molecular flexibility index (Phi) is 6.33. The van der Waals surface area contributed by atoms with Gasteiger partial charge in [0.25, 0.3) is 0 Å². The molecule has 0 fully saturated rings. The molecule has 2 aromatic heterocycles. The number of fused-ring (bicyclic) bond motifs is 1. The van der Waals surface area contributed by atoms with E-state index in [1.165, 1.54) is 0 Å². The Labute approximate surface area is 193 Å². The Balaban J connectivity index is 1.53. The minimum absolute atomic E-state index is 0.0331. The van der Waals surface area contributed by atoms with E-state index in [-0.39, 0.29) is 18.2 Å². The van der Waals surface area contributed by atoms with Gasteiger partial charge in [-0.25, -0.2) is 18.4 Å². The number of para-hydroxylation sites is 2. The third-order valence-corrected chi connectivity index (χ3v) is 6.04. The maximum atomic E-state index is 12.9. The predicted octanol–water partition coefficient (Wildman–Crippen LogP) is 3.59. The van der Waals surface area contributed by atoms with Crippen LogP contribution in [0.5, 0.6) is 0 Å². The maximum absolute atomic E-state index is 12.9. The van der Waals surface area contributed by atoms with Crippen molar-refractivity contribution in [2.75, 3.05) is 11.6 Å². The van der Waals surface area contributed by atoms with E-state index in [1.807, 2.05) is 48.7 Å². The summed E-state index contributed by atoms with van der Waals surface area (Å²) < 4.78 is 27.5. The number of carbonyl (C=O) groups is 1. The van der Waals surface area contributed by atoms with Gasteiger partial charge in [0.1, 0.15) is 23.9 Å². The van der Waals surface area contributed by atoms with Crippen LogP contribution in [0, 0.1) is 0 Å². The van der Waals surface area contributed by atoms with E-state index in [9.17, 15) is 13.2 Å². The maximum Gasteiger partial charge on any atom is 0.244 e. The molecule has 0 saturated heterocycles. The number of hydrogen-bond donors (Lipinski definition) is 1. The number of nitrogens with one attached hydrogen (secondary N) is 1. The van der Waals surface area contributed by atoms with Crippen molar-refractivity contribution in [2.24, 2.45) is 0 Å². The highest BCUT2D eigenvalue weighted by Crippen LogP contribution is 2.19. The molecule has 0 radical (unpaired) electrons. The minimum Gasteiger partial charge on any atom is -0.330 e. The SMILES string of the molecule is CC(C)c1nccn1Cc1cccc(NC(=O)Cn2c(CS(C)(=O)=O)nc3ccccc32)c1. The largest absolute Gasteiger partial charge is 0.330 e. The molecule has 0 spiro atoms. The lowest BCUT2D eigenvalue weighted by Crippen LogP contribution is -2.21. The monoisotopic (exact) mass is 465 g/mol. The Morgan fingerprint density at radius 3 is 2.67 bits per heavy atom. The molecule has 0 aliphatic carbocycles. The van der Waals surface area contributed by atoms with E-state index < -0.39 is 9.84 Å². The van der Waals surface area contributed by atoms with Crippen molar-refractivity contribution in [1.29, 1.82) is 0 Å². The fraction of sp³-hybridized carbons (Fsp3) is 0.292. The van der Waals surface area contributed by atoms with Crippen molar-refractivity contribution < 1.29 is 13.2 Å². The van der Waals surface area contributed by atoms with Crippen LogP contribution in [0.1, 0.15) is 37.0 Å². The van der Waals surface area contributed by atoms with Gasteiger partial charge in [-0.1, -0.05) is 38.1 Å². The first-order valence-electron chi connectivity index (χ1n) is 10.7. The van der Waals surface area contributed by atoms with Crippen LogP contribution < -0.4 is 5.32 Å². The Morgan fingerprint density at radius 1 is 1.12 bits per heavy atom. The van der Waals surface area contributed by atoms with Gasteiger partial charge in [0.15, 0.2) is 9.84 Å². The van der Waals surface area contributed by atoms with Crippen LogP contribution in [0.15, 0.2) is 60.9 Å². The number of rotatable bonds is 8. The standard InChI is InChI=1S/C24H27N5O3S/c1-17(2)24-25-11-12-28(24)14-18-7-6-8-19(13-18)26-23(30)15-29-21-10-5-4-9-20(21)27-22(29)16-33(3,31)32/h4-13,17H,14-16H2,1-3H3,(H,26,30).